The Kier molecular flexibility index (Phi) is 6.08. The summed E-state index contributed by atoms with van der Waals surface area (Å²) in [5.74, 6) is -0.988. The summed E-state index contributed by atoms with van der Waals surface area (Å²) >= 11 is 0. The molecule has 3 N–H and O–H groups in total. The van der Waals surface area contributed by atoms with Gasteiger partial charge >= 0.3 is 0 Å². The molecular weight excluding hydrogens is 442 g/mol. The van der Waals surface area contributed by atoms with Crippen LogP contribution in [0.5, 0.6) is 0 Å². The largest absolute Gasteiger partial charge is 0.352 e. The molecule has 33 heavy (non-hydrogen) atoms. The first-order valence-corrected chi connectivity index (χ1v) is 11.7. The molecule has 0 saturated carbocycles. The molecule has 0 aromatic heterocycles. The highest BCUT2D eigenvalue weighted by Gasteiger charge is 2.34. The molecule has 1 heterocycles. The number of nitrogens with one attached hydrogen (secondary N) is 1. The Labute approximate surface area is 191 Å². The van der Waals surface area contributed by atoms with Crippen molar-refractivity contribution in [3.63, 3.8) is 0 Å². The molecule has 3 aromatic carbocycles. The Hall–Kier alpha value is -3.82. The maximum Gasteiger partial charge on any atom is 0.261 e. The van der Waals surface area contributed by atoms with Crippen LogP contribution in [0, 0.1) is 0 Å². The summed E-state index contributed by atoms with van der Waals surface area (Å²) in [6.45, 7) is 0.417. The molecule has 168 valence electrons. The van der Waals surface area contributed by atoms with E-state index in [-0.39, 0.29) is 29.2 Å². The molecule has 4 rings (SSSR count). The zero-order valence-corrected chi connectivity index (χ0v) is 18.3. The smallest absolute Gasteiger partial charge is 0.261 e. The van der Waals surface area contributed by atoms with Gasteiger partial charge in [0.15, 0.2) is 0 Å². The number of hydrogen-bond acceptors (Lipinski definition) is 5. The average molecular weight is 464 g/mol. The maximum atomic E-state index is 12.6. The van der Waals surface area contributed by atoms with Gasteiger partial charge in [-0.05, 0) is 53.9 Å². The number of sulfonamides is 1. The van der Waals surface area contributed by atoms with Crippen molar-refractivity contribution in [2.45, 2.75) is 17.9 Å². The molecule has 0 atom stereocenters. The number of fused-ring (bicyclic) bond motifs is 1. The third-order valence-electron chi connectivity index (χ3n) is 5.36. The topological polar surface area (TPSA) is 127 Å². The third-order valence-corrected chi connectivity index (χ3v) is 6.29. The summed E-state index contributed by atoms with van der Waals surface area (Å²) in [6, 6.07) is 19.6. The van der Waals surface area contributed by atoms with Gasteiger partial charge in [0, 0.05) is 12.1 Å². The molecule has 0 saturated heterocycles. The van der Waals surface area contributed by atoms with Crippen LogP contribution in [0.3, 0.4) is 0 Å². The Morgan fingerprint density at radius 3 is 2.09 bits per heavy atom. The van der Waals surface area contributed by atoms with E-state index in [4.69, 9.17) is 5.14 Å². The van der Waals surface area contributed by atoms with Crippen molar-refractivity contribution in [1.82, 2.24) is 10.2 Å². The Morgan fingerprint density at radius 1 is 0.848 bits per heavy atom. The number of carbonyl (C=O) groups is 3. The molecule has 8 nitrogen and oxygen atoms in total. The van der Waals surface area contributed by atoms with Gasteiger partial charge in [0.05, 0.1) is 22.6 Å². The summed E-state index contributed by atoms with van der Waals surface area (Å²) in [7, 11) is -3.74. The molecule has 3 aromatic rings. The first-order valence-electron chi connectivity index (χ1n) is 10.2. The minimum Gasteiger partial charge on any atom is -0.352 e. The van der Waals surface area contributed by atoms with Crippen molar-refractivity contribution in [3.05, 3.63) is 101 Å². The van der Waals surface area contributed by atoms with E-state index in [0.29, 0.717) is 35.2 Å². The molecule has 3 amide bonds. The Bertz CT molecular complexity index is 1320. The molecule has 0 spiro atoms. The van der Waals surface area contributed by atoms with Gasteiger partial charge in [0.1, 0.15) is 0 Å². The number of nitrogens with two attached hydrogens (primary N) is 1. The van der Waals surface area contributed by atoms with E-state index in [2.05, 4.69) is 5.32 Å². The molecule has 1 aliphatic rings. The molecule has 0 radical (unpaired) electrons. The maximum absolute atomic E-state index is 12.6. The second-order valence-corrected chi connectivity index (χ2v) is 9.20. The van der Waals surface area contributed by atoms with Crippen LogP contribution in [0.15, 0.2) is 77.7 Å². The number of nitrogens with zero attached hydrogens (tertiary/aromatic N) is 1. The normalized spacial score (nSPS) is 13.2. The van der Waals surface area contributed by atoms with Gasteiger partial charge in [-0.25, -0.2) is 13.6 Å². The van der Waals surface area contributed by atoms with Crippen molar-refractivity contribution in [1.29, 1.82) is 0 Å². The molecule has 1 aliphatic heterocycles. The SMILES string of the molecule is NS(=O)(=O)c1ccc(CCNC(=O)c2cccc(CN3C(=O)c4ccccc4C3=O)c2)cc1. The van der Waals surface area contributed by atoms with Gasteiger partial charge in [-0.2, -0.15) is 0 Å². The fourth-order valence-corrected chi connectivity index (χ4v) is 4.16. The van der Waals surface area contributed by atoms with E-state index in [1.165, 1.54) is 17.0 Å². The van der Waals surface area contributed by atoms with Crippen molar-refractivity contribution in [2.75, 3.05) is 6.54 Å². The average Bonchev–Trinajstić information content (AvgIpc) is 3.04. The summed E-state index contributed by atoms with van der Waals surface area (Å²) in [4.78, 5) is 38.9. The van der Waals surface area contributed by atoms with Gasteiger partial charge in [-0.15, -0.1) is 0 Å². The Balaban J connectivity index is 1.36. The minimum absolute atomic E-state index is 0.0326. The fourth-order valence-electron chi connectivity index (χ4n) is 3.64. The zero-order valence-electron chi connectivity index (χ0n) is 17.5. The van der Waals surface area contributed by atoms with Gasteiger partial charge in [-0.1, -0.05) is 36.4 Å². The summed E-state index contributed by atoms with van der Waals surface area (Å²) in [5.41, 5.74) is 2.69. The summed E-state index contributed by atoms with van der Waals surface area (Å²) in [5, 5.41) is 7.90. The third kappa shape index (κ3) is 4.84. The Morgan fingerprint density at radius 2 is 1.48 bits per heavy atom. The standard InChI is InChI=1S/C24H21N3O5S/c25-33(31,32)19-10-8-16(9-11-19)12-13-26-22(28)18-5-3-4-17(14-18)15-27-23(29)20-6-1-2-7-21(20)24(27)30/h1-11,14H,12-13,15H2,(H,26,28)(H2,25,31,32). The second-order valence-electron chi connectivity index (χ2n) is 7.64. The summed E-state index contributed by atoms with van der Waals surface area (Å²) < 4.78 is 22.6. The molecule has 0 unspecified atom stereocenters. The van der Waals surface area contributed by atoms with E-state index in [9.17, 15) is 22.8 Å². The summed E-state index contributed by atoms with van der Waals surface area (Å²) in [6.07, 6.45) is 0.505. The molecule has 9 heteroatoms. The van der Waals surface area contributed by atoms with Crippen LogP contribution in [0.2, 0.25) is 0 Å². The van der Waals surface area contributed by atoms with Crippen LogP contribution in [-0.4, -0.2) is 37.6 Å². The van der Waals surface area contributed by atoms with Crippen LogP contribution in [-0.2, 0) is 23.0 Å². The van der Waals surface area contributed by atoms with Crippen molar-refractivity contribution < 1.29 is 22.8 Å². The van der Waals surface area contributed by atoms with Crippen LogP contribution in [0.1, 0.15) is 42.2 Å². The minimum atomic E-state index is -3.74. The van der Waals surface area contributed by atoms with E-state index in [0.717, 1.165) is 5.56 Å². The van der Waals surface area contributed by atoms with Crippen LogP contribution >= 0.6 is 0 Å². The lowest BCUT2D eigenvalue weighted by molar-refractivity contribution is 0.0642. The van der Waals surface area contributed by atoms with Crippen molar-refractivity contribution in [2.24, 2.45) is 5.14 Å². The lowest BCUT2D eigenvalue weighted by atomic mass is 10.1. The predicted octanol–water partition coefficient (Wildman–Crippen LogP) is 2.10. The molecule has 0 aliphatic carbocycles. The zero-order chi connectivity index (χ0) is 23.6. The second kappa shape index (κ2) is 8.97. The van der Waals surface area contributed by atoms with Gasteiger partial charge in [-0.3, -0.25) is 19.3 Å². The van der Waals surface area contributed by atoms with Crippen LogP contribution in [0.4, 0.5) is 0 Å². The van der Waals surface area contributed by atoms with E-state index in [1.807, 2.05) is 0 Å². The van der Waals surface area contributed by atoms with Gasteiger partial charge < -0.3 is 5.32 Å². The highest BCUT2D eigenvalue weighted by molar-refractivity contribution is 7.89. The first kappa shape index (κ1) is 22.4. The van der Waals surface area contributed by atoms with Crippen molar-refractivity contribution in [3.8, 4) is 0 Å². The quantitative estimate of drug-likeness (QED) is 0.519. The number of imide groups is 1. The van der Waals surface area contributed by atoms with Crippen molar-refractivity contribution >= 4 is 27.7 Å². The van der Waals surface area contributed by atoms with E-state index < -0.39 is 10.0 Å². The van der Waals surface area contributed by atoms with Gasteiger partial charge in [0.25, 0.3) is 17.7 Å². The number of rotatable bonds is 7. The highest BCUT2D eigenvalue weighted by atomic mass is 32.2. The molecule has 0 bridgehead atoms. The number of carbonyl (C=O) groups excluding carboxylic acids is 3. The number of benzene rings is 3. The molecule has 0 fully saturated rings. The van der Waals surface area contributed by atoms with E-state index in [1.54, 1.807) is 60.7 Å². The predicted molar refractivity (Wildman–Crippen MR) is 121 cm³/mol. The first-order chi connectivity index (χ1) is 15.7. The van der Waals surface area contributed by atoms with Crippen LogP contribution in [0.25, 0.3) is 0 Å². The lowest BCUT2D eigenvalue weighted by Crippen LogP contribution is -2.29. The van der Waals surface area contributed by atoms with Gasteiger partial charge in [0.2, 0.25) is 10.0 Å². The van der Waals surface area contributed by atoms with Crippen LogP contribution < -0.4 is 10.5 Å². The number of hydrogen-bond donors (Lipinski definition) is 2. The highest BCUT2D eigenvalue weighted by Crippen LogP contribution is 2.24. The fraction of sp³-hybridized carbons (Fsp3) is 0.125. The molecular formula is C24H21N3O5S. The number of amides is 3. The van der Waals surface area contributed by atoms with E-state index >= 15 is 0 Å². The number of primary sulfonamides is 1. The monoisotopic (exact) mass is 463 g/mol. The lowest BCUT2D eigenvalue weighted by Gasteiger charge is -2.14.